The van der Waals surface area contributed by atoms with Gasteiger partial charge in [-0.25, -0.2) is 0 Å². The van der Waals surface area contributed by atoms with Gasteiger partial charge in [0.1, 0.15) is 11.2 Å². The third-order valence-corrected chi connectivity index (χ3v) is 5.07. The molecular weight excluding hydrogens is 364 g/mol. The molecular formula is C21H23ClN2O3. The molecule has 2 aromatic rings. The van der Waals surface area contributed by atoms with Crippen LogP contribution in [0.2, 0.25) is 5.02 Å². The van der Waals surface area contributed by atoms with Crippen LogP contribution in [-0.4, -0.2) is 25.5 Å². The highest BCUT2D eigenvalue weighted by Gasteiger charge is 2.56. The first-order valence-electron chi connectivity index (χ1n) is 8.98. The van der Waals surface area contributed by atoms with E-state index in [0.717, 1.165) is 11.1 Å². The van der Waals surface area contributed by atoms with Gasteiger partial charge in [0.2, 0.25) is 11.8 Å². The van der Waals surface area contributed by atoms with Crippen molar-refractivity contribution in [3.05, 3.63) is 64.7 Å². The number of hydrogen-bond donors (Lipinski definition) is 2. The van der Waals surface area contributed by atoms with Crippen LogP contribution in [0.5, 0.6) is 5.75 Å². The number of ether oxygens (including phenoxy) is 1. The molecule has 2 amide bonds. The molecule has 3 rings (SSSR count). The molecule has 1 aliphatic carbocycles. The second-order valence-electron chi connectivity index (χ2n) is 6.71. The summed E-state index contributed by atoms with van der Waals surface area (Å²) in [6.07, 6.45) is 1.83. The van der Waals surface area contributed by atoms with Crippen LogP contribution in [0.25, 0.3) is 0 Å². The predicted octanol–water partition coefficient (Wildman–Crippen LogP) is 3.10. The molecule has 0 saturated heterocycles. The summed E-state index contributed by atoms with van der Waals surface area (Å²) in [5.74, 6) is 0.282. The van der Waals surface area contributed by atoms with Crippen molar-refractivity contribution >= 4 is 23.4 Å². The number of benzene rings is 2. The Bertz CT molecular complexity index is 834. The quantitative estimate of drug-likeness (QED) is 0.685. The summed E-state index contributed by atoms with van der Waals surface area (Å²) >= 11 is 5.97. The molecule has 2 aromatic carbocycles. The smallest absolute Gasteiger partial charge is 0.235 e. The van der Waals surface area contributed by atoms with Gasteiger partial charge in [-0.1, -0.05) is 41.9 Å². The van der Waals surface area contributed by atoms with Gasteiger partial charge in [0.05, 0.1) is 7.11 Å². The SMILES string of the molecule is COc1ccccc1CNC(=O)C1(C(=O)NCCc2cccc(Cl)c2)CC1. The molecule has 0 unspecified atom stereocenters. The first-order valence-corrected chi connectivity index (χ1v) is 9.36. The van der Waals surface area contributed by atoms with E-state index >= 15 is 0 Å². The van der Waals surface area contributed by atoms with Crippen molar-refractivity contribution in [2.75, 3.05) is 13.7 Å². The number of methoxy groups -OCH3 is 1. The molecule has 1 fully saturated rings. The van der Waals surface area contributed by atoms with Crippen molar-refractivity contribution in [2.24, 2.45) is 5.41 Å². The van der Waals surface area contributed by atoms with E-state index in [1.165, 1.54) is 0 Å². The van der Waals surface area contributed by atoms with Gasteiger partial charge in [-0.3, -0.25) is 9.59 Å². The Morgan fingerprint density at radius 3 is 2.52 bits per heavy atom. The molecule has 0 bridgehead atoms. The van der Waals surface area contributed by atoms with E-state index in [9.17, 15) is 9.59 Å². The fraction of sp³-hybridized carbons (Fsp3) is 0.333. The molecule has 0 spiro atoms. The van der Waals surface area contributed by atoms with Crippen molar-refractivity contribution in [3.63, 3.8) is 0 Å². The van der Waals surface area contributed by atoms with E-state index < -0.39 is 5.41 Å². The highest BCUT2D eigenvalue weighted by molar-refractivity contribution is 6.30. The summed E-state index contributed by atoms with van der Waals surface area (Å²) in [6, 6.07) is 15.0. The van der Waals surface area contributed by atoms with Gasteiger partial charge in [0.15, 0.2) is 0 Å². The van der Waals surface area contributed by atoms with Crippen LogP contribution in [0.4, 0.5) is 0 Å². The van der Waals surface area contributed by atoms with Gasteiger partial charge in [-0.2, -0.15) is 0 Å². The van der Waals surface area contributed by atoms with Crippen molar-refractivity contribution in [2.45, 2.75) is 25.8 Å². The lowest BCUT2D eigenvalue weighted by Crippen LogP contribution is -2.43. The molecule has 1 aliphatic rings. The number of carbonyl (C=O) groups excluding carboxylic acids is 2. The summed E-state index contributed by atoms with van der Waals surface area (Å²) in [7, 11) is 1.59. The summed E-state index contributed by atoms with van der Waals surface area (Å²) in [6.45, 7) is 0.807. The predicted molar refractivity (Wildman–Crippen MR) is 105 cm³/mol. The molecule has 6 heteroatoms. The molecule has 0 atom stereocenters. The molecule has 142 valence electrons. The Labute approximate surface area is 164 Å². The maximum atomic E-state index is 12.6. The van der Waals surface area contributed by atoms with Gasteiger partial charge >= 0.3 is 0 Å². The third kappa shape index (κ3) is 4.61. The zero-order valence-electron chi connectivity index (χ0n) is 15.3. The van der Waals surface area contributed by atoms with Gasteiger partial charge in [0, 0.05) is 23.7 Å². The minimum Gasteiger partial charge on any atom is -0.496 e. The van der Waals surface area contributed by atoms with Gasteiger partial charge < -0.3 is 15.4 Å². The van der Waals surface area contributed by atoms with E-state index in [2.05, 4.69) is 10.6 Å². The molecule has 1 saturated carbocycles. The summed E-state index contributed by atoms with van der Waals surface area (Å²) < 4.78 is 5.29. The maximum Gasteiger partial charge on any atom is 0.235 e. The highest BCUT2D eigenvalue weighted by Crippen LogP contribution is 2.46. The van der Waals surface area contributed by atoms with Crippen LogP contribution in [0.1, 0.15) is 24.0 Å². The third-order valence-electron chi connectivity index (χ3n) is 4.84. The first kappa shape index (κ1) is 19.2. The lowest BCUT2D eigenvalue weighted by molar-refractivity contribution is -0.137. The largest absolute Gasteiger partial charge is 0.496 e. The number of hydrogen-bond acceptors (Lipinski definition) is 3. The van der Waals surface area contributed by atoms with Crippen LogP contribution in [0.15, 0.2) is 48.5 Å². The standard InChI is InChI=1S/C21H23ClN2O3/c1-27-18-8-3-2-6-16(18)14-24-20(26)21(10-11-21)19(25)23-12-9-15-5-4-7-17(22)13-15/h2-8,13H,9-12,14H2,1H3,(H,23,25)(H,24,26). The molecule has 2 N–H and O–H groups in total. The van der Waals surface area contributed by atoms with Crippen molar-refractivity contribution in [1.82, 2.24) is 10.6 Å². The van der Waals surface area contributed by atoms with E-state index in [4.69, 9.17) is 16.3 Å². The van der Waals surface area contributed by atoms with E-state index in [0.29, 0.717) is 43.1 Å². The molecule has 5 nitrogen and oxygen atoms in total. The van der Waals surface area contributed by atoms with Gasteiger partial charge in [-0.15, -0.1) is 0 Å². The molecule has 0 heterocycles. The summed E-state index contributed by atoms with van der Waals surface area (Å²) in [5, 5.41) is 6.44. The number of rotatable bonds is 8. The van der Waals surface area contributed by atoms with Crippen LogP contribution >= 0.6 is 11.6 Å². The van der Waals surface area contributed by atoms with Gasteiger partial charge in [0.25, 0.3) is 0 Å². The summed E-state index contributed by atoms with van der Waals surface area (Å²) in [5.41, 5.74) is 0.995. The lowest BCUT2D eigenvalue weighted by Gasteiger charge is -2.16. The average molecular weight is 387 g/mol. The Morgan fingerprint density at radius 2 is 1.81 bits per heavy atom. The van der Waals surface area contributed by atoms with E-state index in [1.807, 2.05) is 48.5 Å². The summed E-state index contributed by atoms with van der Waals surface area (Å²) in [4.78, 5) is 25.1. The molecule has 0 aliphatic heterocycles. The minimum absolute atomic E-state index is 0.206. The van der Waals surface area contributed by atoms with Crippen molar-refractivity contribution < 1.29 is 14.3 Å². The second kappa shape index (κ2) is 8.44. The fourth-order valence-electron chi connectivity index (χ4n) is 3.06. The number of carbonyl (C=O) groups is 2. The number of halogens is 1. The molecule has 0 radical (unpaired) electrons. The Morgan fingerprint density at radius 1 is 1.07 bits per heavy atom. The van der Waals surface area contributed by atoms with Crippen molar-refractivity contribution in [1.29, 1.82) is 0 Å². The maximum absolute atomic E-state index is 12.6. The average Bonchev–Trinajstić information content (AvgIpc) is 3.48. The first-order chi connectivity index (χ1) is 13.0. The topological polar surface area (TPSA) is 67.4 Å². The fourth-order valence-corrected chi connectivity index (χ4v) is 3.27. The van der Waals surface area contributed by atoms with Crippen LogP contribution in [0.3, 0.4) is 0 Å². The molecule has 27 heavy (non-hydrogen) atoms. The monoisotopic (exact) mass is 386 g/mol. The van der Waals surface area contributed by atoms with Gasteiger partial charge in [-0.05, 0) is 43.0 Å². The van der Waals surface area contributed by atoms with Crippen molar-refractivity contribution in [3.8, 4) is 5.75 Å². The van der Waals surface area contributed by atoms with E-state index in [-0.39, 0.29) is 11.8 Å². The Kier molecular flexibility index (Phi) is 6.01. The minimum atomic E-state index is -0.934. The number of nitrogens with one attached hydrogen (secondary N) is 2. The number of amides is 2. The van der Waals surface area contributed by atoms with E-state index in [1.54, 1.807) is 7.11 Å². The lowest BCUT2D eigenvalue weighted by atomic mass is 10.0. The van der Waals surface area contributed by atoms with Crippen LogP contribution in [0, 0.1) is 5.41 Å². The zero-order chi connectivity index (χ0) is 19.3. The van der Waals surface area contributed by atoms with Crippen LogP contribution in [-0.2, 0) is 22.6 Å². The normalized spacial score (nSPS) is 14.3. The van der Waals surface area contributed by atoms with Crippen LogP contribution < -0.4 is 15.4 Å². The number of para-hydroxylation sites is 1. The molecule has 0 aromatic heterocycles. The second-order valence-corrected chi connectivity index (χ2v) is 7.15. The Hall–Kier alpha value is -2.53. The Balaban J connectivity index is 1.51. The zero-order valence-corrected chi connectivity index (χ0v) is 16.0. The highest BCUT2D eigenvalue weighted by atomic mass is 35.5.